The maximum Gasteiger partial charge on any atom is 0.0949 e. The number of hydrogen-bond donors (Lipinski definition) is 0. The molecule has 0 fully saturated rings. The normalized spacial score (nSPS) is 8.00. The van der Waals surface area contributed by atoms with Gasteiger partial charge in [0.25, 0.3) is 0 Å². The van der Waals surface area contributed by atoms with Crippen molar-refractivity contribution in [3.63, 3.8) is 0 Å². The smallest absolute Gasteiger partial charge is 0.0949 e. The van der Waals surface area contributed by atoms with E-state index in [1.165, 1.54) is 0 Å². The second-order valence-corrected chi connectivity index (χ2v) is 2.37. The third-order valence-electron chi connectivity index (χ3n) is 1.40. The van der Waals surface area contributed by atoms with Crippen LogP contribution in [-0.2, 0) is 17.1 Å². The Kier molecular flexibility index (Phi) is 7.16. The number of carbonyl (C=O) groups excluding carboxylic acids is 2. The first-order valence-electron chi connectivity index (χ1n) is 3.88. The molecule has 0 aliphatic rings. The predicted octanol–water partition coefficient (Wildman–Crippen LogP) is 1.63. The third kappa shape index (κ3) is 5.11. The summed E-state index contributed by atoms with van der Waals surface area (Å²) in [5.41, 5.74) is 1.14. The number of carbonyl (C=O) groups is 2. The second kappa shape index (κ2) is 7.92. The minimum absolute atomic E-state index is 0. The van der Waals surface area contributed by atoms with Gasteiger partial charge in [-0.15, -0.1) is 0 Å². The van der Waals surface area contributed by atoms with Gasteiger partial charge < -0.3 is 39.4 Å². The van der Waals surface area contributed by atoms with Crippen LogP contribution in [0.4, 0.5) is 0 Å². The van der Waals surface area contributed by atoms with Crippen LogP contribution in [0.2, 0.25) is 0 Å². The minimum Gasteiger partial charge on any atom is -0.886 e. The van der Waals surface area contributed by atoms with Crippen LogP contribution >= 0.6 is 0 Å². The van der Waals surface area contributed by atoms with Crippen LogP contribution in [0.25, 0.3) is 0 Å². The molecule has 0 unspecified atom stereocenters. The van der Waals surface area contributed by atoms with Crippen molar-refractivity contribution in [3.8, 4) is 0 Å². The van der Waals surface area contributed by atoms with Crippen LogP contribution in [-0.4, -0.2) is 12.6 Å². The molecule has 2 aromatic carbocycles. The molecule has 0 heterocycles. The van der Waals surface area contributed by atoms with E-state index in [2.05, 4.69) is 24.3 Å². The van der Waals surface area contributed by atoms with E-state index in [0.29, 0.717) is 11.8 Å². The molecule has 0 aromatic heterocycles. The molecule has 2 aromatic rings. The van der Waals surface area contributed by atoms with E-state index in [-0.39, 0.29) is 17.1 Å². The monoisotopic (exact) mass is 238 g/mol. The topological polar surface area (TPSA) is 34.1 Å². The van der Waals surface area contributed by atoms with Gasteiger partial charge in [-0.05, 0) is 0 Å². The van der Waals surface area contributed by atoms with Crippen LogP contribution < -0.4 is 0 Å². The van der Waals surface area contributed by atoms with Gasteiger partial charge in [0.05, 0.1) is 6.29 Å². The molecule has 2 nitrogen and oxygen atoms in total. The van der Waals surface area contributed by atoms with Crippen molar-refractivity contribution in [1.82, 2.24) is 0 Å². The van der Waals surface area contributed by atoms with Crippen molar-refractivity contribution in [2.75, 3.05) is 0 Å². The molecule has 0 aliphatic carbocycles. The molecule has 0 aliphatic heterocycles. The Bertz CT molecular complexity index is 322. The second-order valence-electron chi connectivity index (χ2n) is 2.37. The molecule has 0 bridgehead atoms. The van der Waals surface area contributed by atoms with E-state index < -0.39 is 0 Å². The molecule has 0 saturated heterocycles. The number of hydrogen-bond acceptors (Lipinski definition) is 2. The van der Waals surface area contributed by atoms with Crippen molar-refractivity contribution in [3.05, 3.63) is 59.7 Å². The summed E-state index contributed by atoms with van der Waals surface area (Å²) < 4.78 is 0. The molecule has 2 rings (SSSR count). The molecule has 0 amide bonds. The fraction of sp³-hybridized carbons (Fsp3) is 0. The van der Waals surface area contributed by atoms with Crippen molar-refractivity contribution >= 4 is 12.6 Å². The Labute approximate surface area is 99.1 Å². The fourth-order valence-corrected chi connectivity index (χ4v) is 0.755. The van der Waals surface area contributed by atoms with Gasteiger partial charge >= 0.3 is 0 Å². The van der Waals surface area contributed by atoms with E-state index in [4.69, 9.17) is 0 Å². The van der Waals surface area contributed by atoms with Gasteiger partial charge in [0.2, 0.25) is 0 Å². The first-order valence-corrected chi connectivity index (χ1v) is 3.88. The van der Waals surface area contributed by atoms with Gasteiger partial charge in [-0.2, -0.15) is 12.1 Å². The molecule has 0 atom stereocenters. The molecule has 0 radical (unpaired) electrons. The Balaban J connectivity index is 0.000000245. The molecule has 0 saturated carbocycles. The third-order valence-corrected chi connectivity index (χ3v) is 1.40. The summed E-state index contributed by atoms with van der Waals surface area (Å²) in [6.45, 7) is 0. The molecule has 0 N–H and O–H groups in total. The van der Waals surface area contributed by atoms with Gasteiger partial charge in [0, 0.05) is 17.1 Å². The molecule has 0 spiro atoms. The Morgan fingerprint density at radius 3 is 1.73 bits per heavy atom. The maximum atomic E-state index is 9.87. The largest absolute Gasteiger partial charge is 0.886 e. The Hall–Kier alpha value is -1.44. The first-order chi connectivity index (χ1) is 6.86. The number of rotatable bonds is 2. The average Bonchev–Trinajstić information content (AvgIpc) is 2.92. The van der Waals surface area contributed by atoms with Gasteiger partial charge in [-0.25, -0.2) is 12.1 Å². The molecule has 15 heavy (non-hydrogen) atoms. The summed E-state index contributed by atoms with van der Waals surface area (Å²) in [4.78, 5) is 19.6. The zero-order chi connectivity index (χ0) is 10.2. The summed E-state index contributed by atoms with van der Waals surface area (Å²) in [5, 5.41) is 0. The zero-order valence-electron chi connectivity index (χ0n) is 7.63. The van der Waals surface area contributed by atoms with E-state index >= 15 is 0 Å². The quantitative estimate of drug-likeness (QED) is 0.452. The van der Waals surface area contributed by atoms with Gasteiger partial charge in [0.15, 0.2) is 0 Å². The zero-order valence-corrected chi connectivity index (χ0v) is 8.74. The maximum absolute atomic E-state index is 9.87. The van der Waals surface area contributed by atoms with Crippen molar-refractivity contribution < 1.29 is 26.7 Å². The molecule has 3 heteroatoms. The van der Waals surface area contributed by atoms with Crippen LogP contribution in [0, 0.1) is 24.3 Å². The summed E-state index contributed by atoms with van der Waals surface area (Å²) in [7, 11) is 0. The summed E-state index contributed by atoms with van der Waals surface area (Å²) in [6.07, 6.45) is 1.49. The molecular formula is C12H6FeO2-6. The van der Waals surface area contributed by atoms with Crippen molar-refractivity contribution in [2.24, 2.45) is 0 Å². The fourth-order valence-electron chi connectivity index (χ4n) is 0.755. The average molecular weight is 238 g/mol. The van der Waals surface area contributed by atoms with Gasteiger partial charge in [0.1, 0.15) is 0 Å². The van der Waals surface area contributed by atoms with E-state index in [0.717, 1.165) is 11.8 Å². The van der Waals surface area contributed by atoms with Crippen molar-refractivity contribution in [1.29, 1.82) is 0 Å². The van der Waals surface area contributed by atoms with Crippen LogP contribution in [0.5, 0.6) is 0 Å². The Morgan fingerprint density at radius 2 is 1.47 bits per heavy atom. The van der Waals surface area contributed by atoms with Crippen molar-refractivity contribution in [2.45, 2.75) is 0 Å². The van der Waals surface area contributed by atoms with E-state index in [1.54, 1.807) is 12.1 Å². The minimum atomic E-state index is 0. The Morgan fingerprint density at radius 1 is 0.933 bits per heavy atom. The molecular weight excluding hydrogens is 232 g/mol. The summed E-state index contributed by atoms with van der Waals surface area (Å²) >= 11 is 0. The van der Waals surface area contributed by atoms with Crippen LogP contribution in [0.15, 0.2) is 24.3 Å². The predicted molar refractivity (Wildman–Crippen MR) is 50.2 cm³/mol. The van der Waals surface area contributed by atoms with Gasteiger partial charge in [-0.1, -0.05) is 5.56 Å². The number of aldehydes is 2. The summed E-state index contributed by atoms with van der Waals surface area (Å²) in [5.74, 6) is 0. The van der Waals surface area contributed by atoms with E-state index in [1.807, 2.05) is 12.1 Å². The van der Waals surface area contributed by atoms with E-state index in [9.17, 15) is 9.59 Å². The first kappa shape index (κ1) is 13.6. The molecule has 80 valence electrons. The summed E-state index contributed by atoms with van der Waals surface area (Å²) in [6, 6.07) is 17.1. The van der Waals surface area contributed by atoms with Crippen LogP contribution in [0.1, 0.15) is 20.7 Å². The SMILES string of the molecule is O=C[c-]1[c-][c-][c-][c-]1.O=C[c-]1cccc1.[Fe]. The van der Waals surface area contributed by atoms with Gasteiger partial charge in [-0.3, -0.25) is 6.29 Å². The van der Waals surface area contributed by atoms with Crippen LogP contribution in [0.3, 0.4) is 0 Å². The standard InChI is InChI=1S/C6H5O.C6HO.Fe/c2*7-5-6-3-1-2-4-6;/h1-5H;5H;/q-1;-5;.